The summed E-state index contributed by atoms with van der Waals surface area (Å²) in [6.45, 7) is 1.01. The molecule has 2 N–H and O–H groups in total. The van der Waals surface area contributed by atoms with Gasteiger partial charge < -0.3 is 20.1 Å². The first-order valence-electron chi connectivity index (χ1n) is 8.00. The highest BCUT2D eigenvalue weighted by Crippen LogP contribution is 2.39. The van der Waals surface area contributed by atoms with Crippen molar-refractivity contribution in [2.24, 2.45) is 0 Å². The van der Waals surface area contributed by atoms with Gasteiger partial charge in [-0.25, -0.2) is 0 Å². The molecule has 2 aliphatic heterocycles. The normalized spacial score (nSPS) is 15.0. The number of rotatable bonds is 3. The second-order valence-corrected chi connectivity index (χ2v) is 7.56. The number of hydrogen-bond acceptors (Lipinski definition) is 6. The third-order valence-corrected chi connectivity index (χ3v) is 5.84. The molecule has 8 heteroatoms. The van der Waals surface area contributed by atoms with Crippen LogP contribution in [0, 0.1) is 0 Å². The Balaban J connectivity index is 1.60. The van der Waals surface area contributed by atoms with Crippen molar-refractivity contribution in [3.8, 4) is 11.5 Å². The van der Waals surface area contributed by atoms with Crippen LogP contribution in [0.4, 0.5) is 11.4 Å². The second-order valence-electron chi connectivity index (χ2n) is 5.70. The van der Waals surface area contributed by atoms with E-state index in [1.54, 1.807) is 18.2 Å². The summed E-state index contributed by atoms with van der Waals surface area (Å²) in [6, 6.07) is 8.97. The molecule has 0 spiro atoms. The number of carbonyl (C=O) groups is 2. The van der Waals surface area contributed by atoms with Gasteiger partial charge in [0.1, 0.15) is 13.2 Å². The number of carbonyl (C=O) groups excluding carboxylic acids is 2. The van der Waals surface area contributed by atoms with Gasteiger partial charge in [-0.05, 0) is 30.5 Å². The van der Waals surface area contributed by atoms with Crippen LogP contribution in [-0.4, -0.2) is 37.0 Å². The van der Waals surface area contributed by atoms with E-state index in [1.165, 1.54) is 23.5 Å². The molecule has 0 unspecified atom stereocenters. The van der Waals surface area contributed by atoms with Gasteiger partial charge in [0.25, 0.3) is 5.91 Å². The fraction of sp³-hybridized carbons (Fsp3) is 0.222. The number of fused-ring (bicyclic) bond motifs is 2. The second kappa shape index (κ2) is 7.13. The molecule has 134 valence electrons. The van der Waals surface area contributed by atoms with Crippen LogP contribution in [0.1, 0.15) is 10.4 Å². The summed E-state index contributed by atoms with van der Waals surface area (Å²) in [6.07, 6.45) is 1.94. The van der Waals surface area contributed by atoms with E-state index >= 15 is 0 Å². The molecule has 0 saturated carbocycles. The summed E-state index contributed by atoms with van der Waals surface area (Å²) in [5.74, 6) is 1.40. The molecule has 0 saturated heterocycles. The molecule has 2 aromatic rings. The van der Waals surface area contributed by atoms with Crippen LogP contribution in [0.2, 0.25) is 0 Å². The lowest BCUT2D eigenvalue weighted by Crippen LogP contribution is -2.20. The van der Waals surface area contributed by atoms with E-state index in [4.69, 9.17) is 9.47 Å². The van der Waals surface area contributed by atoms with E-state index in [9.17, 15) is 9.59 Å². The minimum atomic E-state index is -0.246. The van der Waals surface area contributed by atoms with Crippen molar-refractivity contribution < 1.29 is 19.1 Å². The smallest absolute Gasteiger partial charge is 0.255 e. The Kier molecular flexibility index (Phi) is 4.69. The minimum absolute atomic E-state index is 0.0587. The number of amides is 2. The summed E-state index contributed by atoms with van der Waals surface area (Å²) >= 11 is 2.98. The molecule has 2 heterocycles. The first kappa shape index (κ1) is 17.1. The summed E-state index contributed by atoms with van der Waals surface area (Å²) in [5.41, 5.74) is 1.82. The Hall–Kier alpha value is -2.32. The highest BCUT2D eigenvalue weighted by atomic mass is 32.2. The average molecular weight is 388 g/mol. The lowest BCUT2D eigenvalue weighted by Gasteiger charge is -2.21. The standard InChI is InChI=1S/C18H16N2O4S2/c1-25-16-8-14-13(23-4-5-24-14)7-12(16)20-18(22)10-2-3-15-11(6-10)19-17(21)9-26-15/h2-3,6-8H,4-5,9H2,1H3,(H,19,21)(H,20,22). The molecule has 2 aliphatic rings. The molecular weight excluding hydrogens is 372 g/mol. The first-order chi connectivity index (χ1) is 12.6. The van der Waals surface area contributed by atoms with Crippen molar-refractivity contribution >= 4 is 46.7 Å². The summed E-state index contributed by atoms with van der Waals surface area (Å²) in [7, 11) is 0. The van der Waals surface area contributed by atoms with Crippen molar-refractivity contribution in [1.82, 2.24) is 0 Å². The molecule has 0 bridgehead atoms. The van der Waals surface area contributed by atoms with E-state index < -0.39 is 0 Å². The third-order valence-electron chi connectivity index (χ3n) is 3.99. The maximum Gasteiger partial charge on any atom is 0.255 e. The largest absolute Gasteiger partial charge is 0.486 e. The van der Waals surface area contributed by atoms with Crippen LogP contribution in [0.15, 0.2) is 40.1 Å². The predicted molar refractivity (Wildman–Crippen MR) is 103 cm³/mol. The highest BCUT2D eigenvalue weighted by molar-refractivity contribution is 8.00. The van der Waals surface area contributed by atoms with E-state index in [1.807, 2.05) is 18.4 Å². The van der Waals surface area contributed by atoms with Gasteiger partial charge in [0.15, 0.2) is 11.5 Å². The topological polar surface area (TPSA) is 76.7 Å². The Bertz CT molecular complexity index is 901. The fourth-order valence-electron chi connectivity index (χ4n) is 2.76. The van der Waals surface area contributed by atoms with Crippen LogP contribution in [0.3, 0.4) is 0 Å². The lowest BCUT2D eigenvalue weighted by molar-refractivity contribution is -0.113. The maximum absolute atomic E-state index is 12.7. The quantitative estimate of drug-likeness (QED) is 0.784. The van der Waals surface area contributed by atoms with Gasteiger partial charge in [0.2, 0.25) is 5.91 Å². The van der Waals surface area contributed by atoms with Crippen molar-refractivity contribution in [3.63, 3.8) is 0 Å². The van der Waals surface area contributed by atoms with Crippen LogP contribution in [-0.2, 0) is 4.79 Å². The Morgan fingerprint density at radius 2 is 1.96 bits per heavy atom. The van der Waals surface area contributed by atoms with Gasteiger partial charge in [-0.15, -0.1) is 23.5 Å². The lowest BCUT2D eigenvalue weighted by atomic mass is 10.1. The van der Waals surface area contributed by atoms with Crippen LogP contribution in [0.25, 0.3) is 0 Å². The maximum atomic E-state index is 12.7. The average Bonchev–Trinajstić information content (AvgIpc) is 2.66. The SMILES string of the molecule is CSc1cc2c(cc1NC(=O)c1ccc3c(c1)NC(=O)CS3)OCCO2. The molecule has 2 aromatic carbocycles. The van der Waals surface area contributed by atoms with Crippen molar-refractivity contribution in [2.45, 2.75) is 9.79 Å². The zero-order chi connectivity index (χ0) is 18.1. The molecule has 0 aromatic heterocycles. The number of ether oxygens (including phenoxy) is 2. The Morgan fingerprint density at radius 1 is 1.19 bits per heavy atom. The zero-order valence-electron chi connectivity index (χ0n) is 14.0. The van der Waals surface area contributed by atoms with Crippen LogP contribution in [0.5, 0.6) is 11.5 Å². The van der Waals surface area contributed by atoms with Gasteiger partial charge >= 0.3 is 0 Å². The number of benzene rings is 2. The molecule has 6 nitrogen and oxygen atoms in total. The van der Waals surface area contributed by atoms with Crippen molar-refractivity contribution in [2.75, 3.05) is 35.9 Å². The summed E-state index contributed by atoms with van der Waals surface area (Å²) in [4.78, 5) is 26.1. The van der Waals surface area contributed by atoms with E-state index in [0.717, 1.165) is 9.79 Å². The summed E-state index contributed by atoms with van der Waals surface area (Å²) in [5, 5.41) is 5.73. The number of nitrogens with one attached hydrogen (secondary N) is 2. The van der Waals surface area contributed by atoms with Gasteiger partial charge in [-0.2, -0.15) is 0 Å². The molecule has 0 radical (unpaired) electrons. The molecule has 26 heavy (non-hydrogen) atoms. The molecule has 2 amide bonds. The predicted octanol–water partition coefficient (Wildman–Crippen LogP) is 3.48. The Labute approximate surface area is 159 Å². The first-order valence-corrected chi connectivity index (χ1v) is 10.2. The number of thioether (sulfide) groups is 2. The number of anilines is 2. The molecular formula is C18H16N2O4S2. The van der Waals surface area contributed by atoms with E-state index in [-0.39, 0.29) is 11.8 Å². The summed E-state index contributed by atoms with van der Waals surface area (Å²) < 4.78 is 11.2. The molecule has 0 fully saturated rings. The zero-order valence-corrected chi connectivity index (χ0v) is 15.6. The highest BCUT2D eigenvalue weighted by Gasteiger charge is 2.20. The third kappa shape index (κ3) is 3.34. The van der Waals surface area contributed by atoms with Crippen molar-refractivity contribution in [1.29, 1.82) is 0 Å². The van der Waals surface area contributed by atoms with Gasteiger partial charge in [-0.3, -0.25) is 9.59 Å². The van der Waals surface area contributed by atoms with E-state index in [0.29, 0.717) is 47.4 Å². The number of hydrogen-bond donors (Lipinski definition) is 2. The fourth-order valence-corrected chi connectivity index (χ4v) is 4.10. The minimum Gasteiger partial charge on any atom is -0.486 e. The van der Waals surface area contributed by atoms with Crippen LogP contribution < -0.4 is 20.1 Å². The van der Waals surface area contributed by atoms with Crippen molar-refractivity contribution in [3.05, 3.63) is 35.9 Å². The van der Waals surface area contributed by atoms with Gasteiger partial charge in [0, 0.05) is 21.4 Å². The van der Waals surface area contributed by atoms with Gasteiger partial charge in [-0.1, -0.05) is 0 Å². The monoisotopic (exact) mass is 388 g/mol. The Morgan fingerprint density at radius 3 is 2.73 bits per heavy atom. The molecule has 4 rings (SSSR count). The van der Waals surface area contributed by atoms with Gasteiger partial charge in [0.05, 0.1) is 17.1 Å². The molecule has 0 aliphatic carbocycles. The van der Waals surface area contributed by atoms with E-state index in [2.05, 4.69) is 10.6 Å². The molecule has 0 atom stereocenters. The van der Waals surface area contributed by atoms with Crippen LogP contribution >= 0.6 is 23.5 Å².